The largest absolute Gasteiger partial charge is 0.355 e. The van der Waals surface area contributed by atoms with Crippen LogP contribution in [0.1, 0.15) is 46.1 Å². The molecule has 4 heteroatoms. The third-order valence-corrected chi connectivity index (χ3v) is 6.46. The van der Waals surface area contributed by atoms with E-state index >= 15 is 0 Å². The van der Waals surface area contributed by atoms with Crippen LogP contribution in [-0.2, 0) is 6.54 Å². The summed E-state index contributed by atoms with van der Waals surface area (Å²) in [6, 6.07) is 11.3. The summed E-state index contributed by atoms with van der Waals surface area (Å²) in [6.45, 7) is 12.3. The molecule has 146 valence electrons. The lowest BCUT2D eigenvalue weighted by atomic mass is 9.80. The third kappa shape index (κ3) is 4.60. The molecule has 1 aromatic carbocycles. The van der Waals surface area contributed by atoms with Gasteiger partial charge in [-0.25, -0.2) is 0 Å². The predicted molar refractivity (Wildman–Crippen MR) is 123 cm³/mol. The Labute approximate surface area is 174 Å². The van der Waals surface area contributed by atoms with E-state index in [0.29, 0.717) is 6.04 Å². The molecular weight excluding hydrogens is 368 g/mol. The van der Waals surface area contributed by atoms with Crippen molar-refractivity contribution in [3.8, 4) is 0 Å². The molecule has 0 unspecified atom stereocenters. The summed E-state index contributed by atoms with van der Waals surface area (Å²) in [5.41, 5.74) is 2.81. The van der Waals surface area contributed by atoms with Crippen molar-refractivity contribution in [2.75, 3.05) is 19.3 Å². The average molecular weight is 401 g/mol. The monoisotopic (exact) mass is 400 g/mol. The summed E-state index contributed by atoms with van der Waals surface area (Å²) in [4.78, 5) is 7.59. The van der Waals surface area contributed by atoms with E-state index < -0.39 is 0 Å². The van der Waals surface area contributed by atoms with Crippen molar-refractivity contribution in [2.24, 2.45) is 5.41 Å². The van der Waals surface area contributed by atoms with Gasteiger partial charge in [0, 0.05) is 41.0 Å². The lowest BCUT2D eigenvalue weighted by Crippen LogP contribution is -2.47. The van der Waals surface area contributed by atoms with E-state index in [4.69, 9.17) is 12.2 Å². The van der Waals surface area contributed by atoms with Crippen molar-refractivity contribution in [1.29, 1.82) is 0 Å². The van der Waals surface area contributed by atoms with Crippen molar-refractivity contribution in [3.63, 3.8) is 0 Å². The van der Waals surface area contributed by atoms with Crippen molar-refractivity contribution < 1.29 is 0 Å². The Balaban J connectivity index is 2.11. The van der Waals surface area contributed by atoms with Crippen molar-refractivity contribution in [3.05, 3.63) is 58.3 Å². The van der Waals surface area contributed by atoms with Gasteiger partial charge < -0.3 is 9.80 Å². The molecule has 1 fully saturated rings. The Morgan fingerprint density at radius 3 is 2.48 bits per heavy atom. The van der Waals surface area contributed by atoms with E-state index in [1.165, 1.54) is 28.3 Å². The molecule has 1 aliphatic carbocycles. The minimum absolute atomic E-state index is 0.140. The number of rotatable bonds is 4. The first-order valence-corrected chi connectivity index (χ1v) is 11.6. The quantitative estimate of drug-likeness (QED) is 0.461. The van der Waals surface area contributed by atoms with Crippen LogP contribution in [0.25, 0.3) is 0 Å². The maximum atomic E-state index is 5.99. The molecule has 1 heterocycles. The molecule has 0 saturated carbocycles. The average Bonchev–Trinajstić information content (AvgIpc) is 2.61. The lowest BCUT2D eigenvalue weighted by molar-refractivity contribution is 0.126. The Morgan fingerprint density at radius 2 is 1.85 bits per heavy atom. The van der Waals surface area contributed by atoms with E-state index in [0.717, 1.165) is 30.9 Å². The highest BCUT2D eigenvalue weighted by molar-refractivity contribution is 8.02. The second-order valence-corrected chi connectivity index (χ2v) is 9.89. The number of hydrogen-bond acceptors (Lipinski definition) is 4. The number of nitrogens with zero attached hydrogens (tertiary/aromatic N) is 2. The first kappa shape index (κ1) is 20.5. The van der Waals surface area contributed by atoms with Crippen LogP contribution in [0.15, 0.2) is 52.7 Å². The number of thioether (sulfide) groups is 1. The van der Waals surface area contributed by atoms with E-state index in [2.05, 4.69) is 80.2 Å². The fourth-order valence-corrected chi connectivity index (χ4v) is 5.59. The molecule has 0 amide bonds. The summed E-state index contributed by atoms with van der Waals surface area (Å²) in [6.07, 6.45) is 6.76. The maximum Gasteiger partial charge on any atom is 0.114 e. The SMILES string of the molecule is CSC1=CC(C)(C)CC(=S)/C1=C1/N(Cc2ccccc2)CCCN1C(C)C. The molecule has 3 rings (SSSR count). The molecule has 1 saturated heterocycles. The van der Waals surface area contributed by atoms with Crippen LogP contribution in [-0.4, -0.2) is 40.1 Å². The van der Waals surface area contributed by atoms with Gasteiger partial charge in [-0.3, -0.25) is 0 Å². The van der Waals surface area contributed by atoms with E-state index in [1.54, 1.807) is 0 Å². The van der Waals surface area contributed by atoms with E-state index in [1.807, 2.05) is 11.8 Å². The van der Waals surface area contributed by atoms with Gasteiger partial charge in [-0.05, 0) is 43.9 Å². The van der Waals surface area contributed by atoms with E-state index in [-0.39, 0.29) is 5.41 Å². The van der Waals surface area contributed by atoms with Gasteiger partial charge in [-0.15, -0.1) is 11.8 Å². The highest BCUT2D eigenvalue weighted by Crippen LogP contribution is 2.42. The molecular formula is C23H32N2S2. The minimum Gasteiger partial charge on any atom is -0.355 e. The number of hydrogen-bond donors (Lipinski definition) is 0. The van der Waals surface area contributed by atoms with Gasteiger partial charge in [-0.1, -0.05) is 62.5 Å². The second-order valence-electron chi connectivity index (χ2n) is 8.55. The highest BCUT2D eigenvalue weighted by atomic mass is 32.2. The smallest absolute Gasteiger partial charge is 0.114 e. The lowest BCUT2D eigenvalue weighted by Gasteiger charge is -2.45. The summed E-state index contributed by atoms with van der Waals surface area (Å²) >= 11 is 7.83. The van der Waals surface area contributed by atoms with Gasteiger partial charge in [0.1, 0.15) is 5.82 Å². The van der Waals surface area contributed by atoms with Crippen LogP contribution >= 0.6 is 24.0 Å². The number of allylic oxidation sites excluding steroid dienone is 2. The van der Waals surface area contributed by atoms with Crippen molar-refractivity contribution in [2.45, 2.75) is 53.1 Å². The highest BCUT2D eigenvalue weighted by Gasteiger charge is 2.34. The first-order chi connectivity index (χ1) is 12.8. The molecule has 0 aromatic heterocycles. The standard InChI is InChI=1S/C23H32N2S2/c1-17(2)25-13-9-12-24(16-18-10-7-6-8-11-18)22(25)21-19(26)14-23(3,4)15-20(21)27-5/h6-8,10-11,15,17H,9,12-14,16H2,1-5H3/b22-21+. The van der Waals surface area contributed by atoms with Gasteiger partial charge in [0.15, 0.2) is 0 Å². The molecule has 0 atom stereocenters. The molecule has 27 heavy (non-hydrogen) atoms. The zero-order chi connectivity index (χ0) is 19.6. The predicted octanol–water partition coefficient (Wildman–Crippen LogP) is 5.86. The zero-order valence-corrected chi connectivity index (χ0v) is 18.9. The van der Waals surface area contributed by atoms with Gasteiger partial charge in [0.25, 0.3) is 0 Å². The molecule has 2 nitrogen and oxygen atoms in total. The summed E-state index contributed by atoms with van der Waals surface area (Å²) in [5, 5.41) is 0. The Bertz CT molecular complexity index is 747. The molecule has 0 N–H and O–H groups in total. The Kier molecular flexibility index (Phi) is 6.37. The summed E-state index contributed by atoms with van der Waals surface area (Å²) < 4.78 is 0. The second kappa shape index (κ2) is 8.40. The summed E-state index contributed by atoms with van der Waals surface area (Å²) in [5.74, 6) is 1.35. The van der Waals surface area contributed by atoms with Crippen LogP contribution in [0.4, 0.5) is 0 Å². The molecule has 1 aliphatic heterocycles. The van der Waals surface area contributed by atoms with Crippen LogP contribution < -0.4 is 0 Å². The van der Waals surface area contributed by atoms with E-state index in [9.17, 15) is 0 Å². The first-order valence-electron chi connectivity index (χ1n) is 9.92. The van der Waals surface area contributed by atoms with Gasteiger partial charge in [0.05, 0.1) is 0 Å². The number of thiocarbonyl (C=S) groups is 1. The van der Waals surface area contributed by atoms with Crippen LogP contribution in [0.3, 0.4) is 0 Å². The molecule has 0 bridgehead atoms. The van der Waals surface area contributed by atoms with Crippen molar-refractivity contribution in [1.82, 2.24) is 9.80 Å². The zero-order valence-electron chi connectivity index (χ0n) is 17.3. The maximum absolute atomic E-state index is 5.99. The Morgan fingerprint density at radius 1 is 1.15 bits per heavy atom. The number of benzene rings is 1. The Hall–Kier alpha value is -1.26. The van der Waals surface area contributed by atoms with Crippen LogP contribution in [0, 0.1) is 5.41 Å². The normalized spacial score (nSPS) is 23.0. The molecule has 0 radical (unpaired) electrons. The van der Waals surface area contributed by atoms with Gasteiger partial charge in [0.2, 0.25) is 0 Å². The minimum atomic E-state index is 0.140. The molecule has 1 aromatic rings. The molecule has 2 aliphatic rings. The topological polar surface area (TPSA) is 6.48 Å². The van der Waals surface area contributed by atoms with Gasteiger partial charge in [-0.2, -0.15) is 0 Å². The fourth-order valence-electron chi connectivity index (χ4n) is 4.10. The van der Waals surface area contributed by atoms with Crippen LogP contribution in [0.5, 0.6) is 0 Å². The van der Waals surface area contributed by atoms with Gasteiger partial charge >= 0.3 is 0 Å². The summed E-state index contributed by atoms with van der Waals surface area (Å²) in [7, 11) is 0. The van der Waals surface area contributed by atoms with Crippen molar-refractivity contribution >= 4 is 28.8 Å². The fraction of sp³-hybridized carbons (Fsp3) is 0.522. The molecule has 0 spiro atoms. The van der Waals surface area contributed by atoms with Crippen LogP contribution in [0.2, 0.25) is 0 Å². The third-order valence-electron chi connectivity index (χ3n) is 5.35.